The zero-order valence-corrected chi connectivity index (χ0v) is 10.1. The van der Waals surface area contributed by atoms with E-state index in [4.69, 9.17) is 4.42 Å². The third-order valence-corrected chi connectivity index (χ3v) is 2.21. The molecule has 17 heavy (non-hydrogen) atoms. The Bertz CT molecular complexity index is 453. The molecule has 0 aliphatic rings. The lowest BCUT2D eigenvalue weighted by Crippen LogP contribution is -2.07. The van der Waals surface area contributed by atoms with Gasteiger partial charge in [-0.2, -0.15) is 0 Å². The number of rotatable bonds is 5. The number of aromatic nitrogens is 3. The first kappa shape index (κ1) is 11.6. The lowest BCUT2D eigenvalue weighted by atomic mass is 10.2. The molecule has 0 radical (unpaired) electrons. The molecule has 2 heterocycles. The van der Waals surface area contributed by atoms with Crippen LogP contribution in [0.1, 0.15) is 25.3 Å². The van der Waals surface area contributed by atoms with Crippen LogP contribution in [0.2, 0.25) is 0 Å². The Labute approximate surface area is 100 Å². The maximum Gasteiger partial charge on any atom is 0.315 e. The first-order chi connectivity index (χ1) is 8.24. The van der Waals surface area contributed by atoms with Crippen LogP contribution in [0, 0.1) is 5.92 Å². The van der Waals surface area contributed by atoms with Gasteiger partial charge in [-0.15, -0.1) is 5.10 Å². The number of nitrogens with zero attached hydrogens (tertiary/aromatic N) is 3. The van der Waals surface area contributed by atoms with Crippen LogP contribution >= 0.6 is 0 Å². The van der Waals surface area contributed by atoms with E-state index >= 15 is 0 Å². The highest BCUT2D eigenvalue weighted by molar-refractivity contribution is 5.19. The highest BCUT2D eigenvalue weighted by atomic mass is 16.4. The van der Waals surface area contributed by atoms with Crippen LogP contribution < -0.4 is 5.32 Å². The third-order valence-electron chi connectivity index (χ3n) is 2.21. The van der Waals surface area contributed by atoms with E-state index in [1.165, 1.54) is 0 Å². The zero-order chi connectivity index (χ0) is 12.1. The number of nitrogens with one attached hydrogen (secondary N) is 1. The summed E-state index contributed by atoms with van der Waals surface area (Å²) in [6, 6.07) is 4.36. The van der Waals surface area contributed by atoms with E-state index < -0.39 is 0 Å². The molecule has 0 saturated carbocycles. The summed E-state index contributed by atoms with van der Waals surface area (Å²) in [5.74, 6) is 1.15. The molecule has 0 spiro atoms. The minimum absolute atomic E-state index is 0.484. The molecule has 2 aromatic rings. The van der Waals surface area contributed by atoms with Gasteiger partial charge in [-0.05, 0) is 17.5 Å². The van der Waals surface area contributed by atoms with E-state index in [-0.39, 0.29) is 0 Å². The lowest BCUT2D eigenvalue weighted by Gasteiger charge is -2.02. The van der Waals surface area contributed by atoms with Crippen LogP contribution in [0.3, 0.4) is 0 Å². The summed E-state index contributed by atoms with van der Waals surface area (Å²) < 4.78 is 5.48. The molecule has 0 aromatic carbocycles. The minimum atomic E-state index is 0.484. The summed E-state index contributed by atoms with van der Waals surface area (Å²) in [5.41, 5.74) is 1.06. The molecule has 5 nitrogen and oxygen atoms in total. The Hall–Kier alpha value is -1.91. The van der Waals surface area contributed by atoms with E-state index in [9.17, 15) is 0 Å². The SMILES string of the molecule is CC(C)CNc1nnc(Cc2cccnc2)o1. The zero-order valence-electron chi connectivity index (χ0n) is 10.1. The van der Waals surface area contributed by atoms with Gasteiger partial charge in [0, 0.05) is 18.9 Å². The van der Waals surface area contributed by atoms with Crippen molar-refractivity contribution in [2.24, 2.45) is 5.92 Å². The summed E-state index contributed by atoms with van der Waals surface area (Å²) in [6.45, 7) is 5.08. The van der Waals surface area contributed by atoms with Crippen molar-refractivity contribution >= 4 is 6.01 Å². The Balaban J connectivity index is 1.94. The van der Waals surface area contributed by atoms with E-state index in [0.717, 1.165) is 12.1 Å². The molecule has 0 aliphatic carbocycles. The summed E-state index contributed by atoms with van der Waals surface area (Å²) in [7, 11) is 0. The first-order valence-corrected chi connectivity index (χ1v) is 5.69. The van der Waals surface area contributed by atoms with Crippen LogP contribution in [0.4, 0.5) is 6.01 Å². The van der Waals surface area contributed by atoms with Gasteiger partial charge in [-0.1, -0.05) is 25.0 Å². The normalized spacial score (nSPS) is 10.8. The largest absolute Gasteiger partial charge is 0.408 e. The van der Waals surface area contributed by atoms with Gasteiger partial charge in [0.25, 0.3) is 0 Å². The fourth-order valence-corrected chi connectivity index (χ4v) is 1.37. The van der Waals surface area contributed by atoms with Crippen LogP contribution in [0.15, 0.2) is 28.9 Å². The summed E-state index contributed by atoms with van der Waals surface area (Å²) in [4.78, 5) is 4.04. The molecular formula is C12H16N4O. The van der Waals surface area contributed by atoms with Gasteiger partial charge in [-0.25, -0.2) is 0 Å². The van der Waals surface area contributed by atoms with Gasteiger partial charge in [0.05, 0.1) is 6.42 Å². The van der Waals surface area contributed by atoms with Crippen molar-refractivity contribution in [2.75, 3.05) is 11.9 Å². The molecule has 0 unspecified atom stereocenters. The summed E-state index contributed by atoms with van der Waals surface area (Å²) in [6.07, 6.45) is 4.16. The third kappa shape index (κ3) is 3.55. The monoisotopic (exact) mass is 232 g/mol. The maximum absolute atomic E-state index is 5.48. The van der Waals surface area contributed by atoms with Crippen LogP contribution in [-0.4, -0.2) is 21.7 Å². The fourth-order valence-electron chi connectivity index (χ4n) is 1.37. The highest BCUT2D eigenvalue weighted by Gasteiger charge is 2.06. The van der Waals surface area contributed by atoms with Gasteiger partial charge >= 0.3 is 6.01 Å². The van der Waals surface area contributed by atoms with Crippen molar-refractivity contribution in [3.05, 3.63) is 36.0 Å². The quantitative estimate of drug-likeness (QED) is 0.855. The fraction of sp³-hybridized carbons (Fsp3) is 0.417. The molecule has 0 aliphatic heterocycles. The minimum Gasteiger partial charge on any atom is -0.408 e. The van der Waals surface area contributed by atoms with Gasteiger partial charge < -0.3 is 9.73 Å². The van der Waals surface area contributed by atoms with Crippen LogP contribution in [0.5, 0.6) is 0 Å². The molecule has 2 rings (SSSR count). The molecule has 0 saturated heterocycles. The molecule has 5 heteroatoms. The van der Waals surface area contributed by atoms with E-state index in [1.807, 2.05) is 12.1 Å². The number of anilines is 1. The van der Waals surface area contributed by atoms with Crippen LogP contribution in [-0.2, 0) is 6.42 Å². The Kier molecular flexibility index (Phi) is 3.69. The van der Waals surface area contributed by atoms with Crippen molar-refractivity contribution in [3.8, 4) is 0 Å². The highest BCUT2D eigenvalue weighted by Crippen LogP contribution is 2.10. The maximum atomic E-state index is 5.48. The molecule has 90 valence electrons. The smallest absolute Gasteiger partial charge is 0.315 e. The second kappa shape index (κ2) is 5.43. The van der Waals surface area contributed by atoms with Crippen LogP contribution in [0.25, 0.3) is 0 Å². The molecule has 1 N–H and O–H groups in total. The van der Waals surface area contributed by atoms with Crippen molar-refractivity contribution in [3.63, 3.8) is 0 Å². The van der Waals surface area contributed by atoms with Crippen molar-refractivity contribution < 1.29 is 4.42 Å². The number of pyridine rings is 1. The second-order valence-corrected chi connectivity index (χ2v) is 4.31. The predicted molar refractivity (Wildman–Crippen MR) is 64.7 cm³/mol. The molecule has 0 amide bonds. The van der Waals surface area contributed by atoms with E-state index in [1.54, 1.807) is 12.4 Å². The molecule has 0 bridgehead atoms. The summed E-state index contributed by atoms with van der Waals surface area (Å²) >= 11 is 0. The van der Waals surface area contributed by atoms with E-state index in [2.05, 4.69) is 34.3 Å². The van der Waals surface area contributed by atoms with Gasteiger partial charge in [0.1, 0.15) is 0 Å². The van der Waals surface area contributed by atoms with E-state index in [0.29, 0.717) is 24.2 Å². The van der Waals surface area contributed by atoms with Crippen molar-refractivity contribution in [1.29, 1.82) is 0 Å². The Morgan fingerprint density at radius 1 is 1.35 bits per heavy atom. The average molecular weight is 232 g/mol. The second-order valence-electron chi connectivity index (χ2n) is 4.31. The van der Waals surface area contributed by atoms with Gasteiger partial charge in [0.2, 0.25) is 5.89 Å². The molecule has 2 aromatic heterocycles. The Morgan fingerprint density at radius 3 is 2.94 bits per heavy atom. The lowest BCUT2D eigenvalue weighted by molar-refractivity contribution is 0.511. The number of hydrogen-bond donors (Lipinski definition) is 1. The van der Waals surface area contributed by atoms with Crippen molar-refractivity contribution in [2.45, 2.75) is 20.3 Å². The molecule has 0 fully saturated rings. The first-order valence-electron chi connectivity index (χ1n) is 5.69. The van der Waals surface area contributed by atoms with Crippen molar-refractivity contribution in [1.82, 2.24) is 15.2 Å². The topological polar surface area (TPSA) is 63.8 Å². The number of hydrogen-bond acceptors (Lipinski definition) is 5. The Morgan fingerprint density at radius 2 is 2.24 bits per heavy atom. The molecular weight excluding hydrogens is 216 g/mol. The van der Waals surface area contributed by atoms with Gasteiger partial charge in [0.15, 0.2) is 0 Å². The molecule has 0 atom stereocenters. The van der Waals surface area contributed by atoms with Gasteiger partial charge in [-0.3, -0.25) is 4.98 Å². The summed E-state index contributed by atoms with van der Waals surface area (Å²) in [5, 5.41) is 11.0. The average Bonchev–Trinajstić information content (AvgIpc) is 2.75. The predicted octanol–water partition coefficient (Wildman–Crippen LogP) is 2.12. The standard InChI is InChI=1S/C12H16N4O/c1-9(2)7-14-12-16-15-11(17-12)6-10-4-3-5-13-8-10/h3-5,8-9H,6-7H2,1-2H3,(H,14,16).